The number of likely N-dealkylation sites (tertiary alicyclic amines) is 1. The van der Waals surface area contributed by atoms with Crippen LogP contribution in [0.3, 0.4) is 0 Å². The van der Waals surface area contributed by atoms with Gasteiger partial charge < -0.3 is 15.2 Å². The van der Waals surface area contributed by atoms with E-state index in [2.05, 4.69) is 5.10 Å². The maximum atomic E-state index is 12.9. The molecule has 0 radical (unpaired) electrons. The van der Waals surface area contributed by atoms with Crippen molar-refractivity contribution in [1.82, 2.24) is 19.2 Å². The first-order valence-corrected chi connectivity index (χ1v) is 8.97. The maximum absolute atomic E-state index is 12.9. The van der Waals surface area contributed by atoms with Crippen LogP contribution in [0.15, 0.2) is 35.3 Å². The third-order valence-corrected chi connectivity index (χ3v) is 5.44. The molecule has 1 aliphatic rings. The second kappa shape index (κ2) is 6.53. The molecular formula is C19H21N5O3. The fourth-order valence-electron chi connectivity index (χ4n) is 3.87. The molecule has 0 bridgehead atoms. The Morgan fingerprint density at radius 3 is 2.59 bits per heavy atom. The number of aryl methyl sites for hydroxylation is 1. The third-order valence-electron chi connectivity index (χ3n) is 5.44. The van der Waals surface area contributed by atoms with Crippen molar-refractivity contribution in [3.8, 4) is 0 Å². The van der Waals surface area contributed by atoms with Crippen LogP contribution in [0.1, 0.15) is 12.8 Å². The summed E-state index contributed by atoms with van der Waals surface area (Å²) in [4.78, 5) is 38.4. The van der Waals surface area contributed by atoms with E-state index in [0.29, 0.717) is 31.4 Å². The maximum Gasteiger partial charge on any atom is 0.291 e. The number of carbonyl (C=O) groups is 2. The highest BCUT2D eigenvalue weighted by Crippen LogP contribution is 2.24. The zero-order valence-corrected chi connectivity index (χ0v) is 15.1. The van der Waals surface area contributed by atoms with Gasteiger partial charge in [-0.1, -0.05) is 18.2 Å². The molecule has 0 saturated carbocycles. The summed E-state index contributed by atoms with van der Waals surface area (Å²) in [5.74, 6) is -0.672. The summed E-state index contributed by atoms with van der Waals surface area (Å²) in [6.07, 6.45) is 2.77. The van der Waals surface area contributed by atoms with Crippen molar-refractivity contribution in [2.45, 2.75) is 19.4 Å². The topological polar surface area (TPSA) is 103 Å². The molecule has 1 saturated heterocycles. The number of benzene rings is 1. The number of primary amides is 1. The average Bonchev–Trinajstić information content (AvgIpc) is 2.97. The van der Waals surface area contributed by atoms with Gasteiger partial charge in [-0.05, 0) is 18.9 Å². The van der Waals surface area contributed by atoms with Crippen LogP contribution in [0.2, 0.25) is 0 Å². The summed E-state index contributed by atoms with van der Waals surface area (Å²) in [6.45, 7) is 0.826. The smallest absolute Gasteiger partial charge is 0.291 e. The summed E-state index contributed by atoms with van der Waals surface area (Å²) in [5, 5.41) is 5.96. The number of carbonyl (C=O) groups excluding carboxylic acids is 2. The molecule has 1 aliphatic heterocycles. The molecular weight excluding hydrogens is 346 g/mol. The number of piperidine rings is 1. The third kappa shape index (κ3) is 2.87. The first-order valence-electron chi connectivity index (χ1n) is 8.97. The van der Waals surface area contributed by atoms with Crippen molar-refractivity contribution in [2.24, 2.45) is 18.7 Å². The van der Waals surface area contributed by atoms with Crippen molar-refractivity contribution in [1.29, 1.82) is 0 Å². The van der Waals surface area contributed by atoms with Gasteiger partial charge in [0.25, 0.3) is 5.56 Å². The highest BCUT2D eigenvalue weighted by Gasteiger charge is 2.26. The number of nitrogens with zero attached hydrogens (tertiary/aromatic N) is 4. The molecule has 3 aromatic rings. The Bertz CT molecular complexity index is 1110. The van der Waals surface area contributed by atoms with Crippen molar-refractivity contribution in [3.63, 3.8) is 0 Å². The van der Waals surface area contributed by atoms with Crippen LogP contribution in [0, 0.1) is 5.92 Å². The number of rotatable bonds is 3. The van der Waals surface area contributed by atoms with Gasteiger partial charge >= 0.3 is 0 Å². The van der Waals surface area contributed by atoms with Gasteiger partial charge in [0.05, 0.1) is 6.20 Å². The molecule has 1 fully saturated rings. The largest absolute Gasteiger partial charge is 0.369 e. The number of aromatic nitrogens is 3. The van der Waals surface area contributed by atoms with Gasteiger partial charge in [0.15, 0.2) is 0 Å². The van der Waals surface area contributed by atoms with Crippen molar-refractivity contribution >= 4 is 33.6 Å². The molecule has 4 rings (SSSR count). The summed E-state index contributed by atoms with van der Waals surface area (Å²) in [5.41, 5.74) is 6.53. The number of amides is 2. The number of fused-ring (bicyclic) bond motifs is 3. The van der Waals surface area contributed by atoms with Gasteiger partial charge in [0.1, 0.15) is 12.1 Å². The van der Waals surface area contributed by atoms with E-state index in [9.17, 15) is 14.4 Å². The Morgan fingerprint density at radius 2 is 1.89 bits per heavy atom. The lowest BCUT2D eigenvalue weighted by Gasteiger charge is -2.30. The molecule has 0 unspecified atom stereocenters. The van der Waals surface area contributed by atoms with Gasteiger partial charge in [0, 0.05) is 42.3 Å². The summed E-state index contributed by atoms with van der Waals surface area (Å²) >= 11 is 0. The number of nitrogens with two attached hydrogens (primary N) is 1. The molecule has 140 valence electrons. The van der Waals surface area contributed by atoms with E-state index in [1.807, 2.05) is 35.9 Å². The second-order valence-corrected chi connectivity index (χ2v) is 7.00. The summed E-state index contributed by atoms with van der Waals surface area (Å²) in [6, 6.07) is 7.75. The molecule has 3 heterocycles. The fraction of sp³-hybridized carbons (Fsp3) is 0.368. The van der Waals surface area contributed by atoms with Gasteiger partial charge in [-0.15, -0.1) is 0 Å². The predicted octanol–water partition coefficient (Wildman–Crippen LogP) is 0.612. The van der Waals surface area contributed by atoms with Crippen LogP contribution in [-0.2, 0) is 23.2 Å². The van der Waals surface area contributed by atoms with E-state index < -0.39 is 0 Å². The minimum atomic E-state index is -0.318. The van der Waals surface area contributed by atoms with Crippen molar-refractivity contribution < 1.29 is 9.59 Å². The highest BCUT2D eigenvalue weighted by molar-refractivity contribution is 6.07. The van der Waals surface area contributed by atoms with Crippen LogP contribution in [0.4, 0.5) is 0 Å². The first kappa shape index (κ1) is 17.3. The molecule has 2 aromatic heterocycles. The van der Waals surface area contributed by atoms with Crippen LogP contribution in [0.5, 0.6) is 0 Å². The normalized spacial score (nSPS) is 15.5. The highest BCUT2D eigenvalue weighted by atomic mass is 16.2. The molecule has 1 aromatic carbocycles. The van der Waals surface area contributed by atoms with Crippen LogP contribution in [0.25, 0.3) is 21.8 Å². The van der Waals surface area contributed by atoms with Crippen LogP contribution < -0.4 is 11.3 Å². The molecule has 8 nitrogen and oxygen atoms in total. The minimum absolute atomic E-state index is 0.114. The quantitative estimate of drug-likeness (QED) is 0.732. The van der Waals surface area contributed by atoms with E-state index in [1.54, 1.807) is 11.1 Å². The van der Waals surface area contributed by atoms with E-state index in [-0.39, 0.29) is 29.8 Å². The van der Waals surface area contributed by atoms with E-state index in [0.717, 1.165) is 16.3 Å². The monoisotopic (exact) mass is 367 g/mol. The number of hydrogen-bond acceptors (Lipinski definition) is 4. The van der Waals surface area contributed by atoms with Gasteiger partial charge in [0.2, 0.25) is 11.8 Å². The molecule has 0 aliphatic carbocycles. The molecule has 0 spiro atoms. The minimum Gasteiger partial charge on any atom is -0.369 e. The SMILES string of the molecule is Cn1c2ccccc2c2cnn(CC(=O)N3CCC(C(N)=O)CC3)c(=O)c21. The van der Waals surface area contributed by atoms with E-state index >= 15 is 0 Å². The zero-order chi connectivity index (χ0) is 19.1. The van der Waals surface area contributed by atoms with Gasteiger partial charge in [-0.25, -0.2) is 4.68 Å². The molecule has 27 heavy (non-hydrogen) atoms. The number of hydrogen-bond donors (Lipinski definition) is 1. The summed E-state index contributed by atoms with van der Waals surface area (Å²) in [7, 11) is 1.84. The average molecular weight is 367 g/mol. The molecule has 2 amide bonds. The van der Waals surface area contributed by atoms with Gasteiger partial charge in [-0.2, -0.15) is 5.10 Å². The lowest BCUT2D eigenvalue weighted by atomic mass is 9.96. The Kier molecular flexibility index (Phi) is 4.18. The van der Waals surface area contributed by atoms with Crippen LogP contribution in [-0.4, -0.2) is 44.2 Å². The molecule has 8 heteroatoms. The van der Waals surface area contributed by atoms with E-state index in [4.69, 9.17) is 5.73 Å². The Balaban J connectivity index is 1.61. The summed E-state index contributed by atoms with van der Waals surface area (Å²) < 4.78 is 3.05. The lowest BCUT2D eigenvalue weighted by molar-refractivity contribution is -0.135. The first-order chi connectivity index (χ1) is 13.0. The van der Waals surface area contributed by atoms with Crippen molar-refractivity contribution in [3.05, 3.63) is 40.8 Å². The van der Waals surface area contributed by atoms with Gasteiger partial charge in [-0.3, -0.25) is 14.4 Å². The standard InChI is InChI=1S/C19H21N5O3/c1-22-15-5-3-2-4-13(15)14-10-21-24(19(27)17(14)22)11-16(25)23-8-6-12(7-9-23)18(20)26/h2-5,10,12H,6-9,11H2,1H3,(H2,20,26). The lowest BCUT2D eigenvalue weighted by Crippen LogP contribution is -2.44. The molecule has 0 atom stereocenters. The van der Waals surface area contributed by atoms with Crippen LogP contribution >= 0.6 is 0 Å². The fourth-order valence-corrected chi connectivity index (χ4v) is 3.87. The Morgan fingerprint density at radius 1 is 1.19 bits per heavy atom. The zero-order valence-electron chi connectivity index (χ0n) is 15.1. The van der Waals surface area contributed by atoms with Crippen molar-refractivity contribution in [2.75, 3.05) is 13.1 Å². The van der Waals surface area contributed by atoms with E-state index in [1.165, 1.54) is 4.68 Å². The second-order valence-electron chi connectivity index (χ2n) is 7.00. The predicted molar refractivity (Wildman–Crippen MR) is 101 cm³/mol. The molecule has 2 N–H and O–H groups in total. The Hall–Kier alpha value is -3.16. The Labute approximate surface area is 155 Å². The number of para-hydroxylation sites is 1.